The second kappa shape index (κ2) is 10.9. The number of methoxy groups -OCH3 is 1. The lowest BCUT2D eigenvalue weighted by Crippen LogP contribution is -2.02. The SMILES string of the molecule is COc1ccc(-c2cc(=O)oc(-c3cc4c(-c5ccccc5)c(-c5ccccc5)oc4cc3O)c2-c2ccccc2)cc1. The van der Waals surface area contributed by atoms with Crippen LogP contribution in [-0.2, 0) is 0 Å². The minimum atomic E-state index is -0.527. The number of ether oxygens (including phenoxy) is 1. The lowest BCUT2D eigenvalue weighted by Gasteiger charge is -2.15. The van der Waals surface area contributed by atoms with E-state index in [-0.39, 0.29) is 11.5 Å². The number of fused-ring (bicyclic) bond motifs is 1. The summed E-state index contributed by atoms with van der Waals surface area (Å²) in [5.74, 6) is 1.60. The van der Waals surface area contributed by atoms with Crippen molar-refractivity contribution in [3.8, 4) is 67.5 Å². The lowest BCUT2D eigenvalue weighted by molar-refractivity contribution is 0.415. The van der Waals surface area contributed by atoms with Gasteiger partial charge in [-0.3, -0.25) is 0 Å². The Morgan fingerprint density at radius 2 is 1.14 bits per heavy atom. The van der Waals surface area contributed by atoms with Gasteiger partial charge in [0.1, 0.15) is 22.8 Å². The molecule has 2 heterocycles. The standard InChI is InChI=1S/C38H26O5/c1-41-28-19-17-24(18-20-28)29-22-34(40)43-38(35(29)25-11-5-2-6-12-25)30-21-31-33(23-32(30)39)42-37(27-15-9-4-10-16-27)36(31)26-13-7-3-8-14-26/h2-23,39H,1H3. The topological polar surface area (TPSA) is 72.8 Å². The predicted octanol–water partition coefficient (Wildman–Crippen LogP) is 9.44. The fraction of sp³-hybridized carbons (Fsp3) is 0.0263. The van der Waals surface area contributed by atoms with E-state index in [1.54, 1.807) is 13.2 Å². The molecule has 0 radical (unpaired) electrons. The van der Waals surface area contributed by atoms with Crippen LogP contribution in [0.4, 0.5) is 0 Å². The van der Waals surface area contributed by atoms with Crippen molar-refractivity contribution in [2.75, 3.05) is 7.11 Å². The van der Waals surface area contributed by atoms with Gasteiger partial charge in [-0.05, 0) is 34.9 Å². The Balaban J connectivity index is 1.54. The van der Waals surface area contributed by atoms with Crippen LogP contribution in [-0.4, -0.2) is 12.2 Å². The molecular formula is C38H26O5. The van der Waals surface area contributed by atoms with E-state index in [1.165, 1.54) is 6.07 Å². The number of phenolic OH excluding ortho intramolecular Hbond substituents is 1. The quantitative estimate of drug-likeness (QED) is 0.219. The smallest absolute Gasteiger partial charge is 0.336 e. The first-order valence-electron chi connectivity index (χ1n) is 13.9. The largest absolute Gasteiger partial charge is 0.507 e. The fourth-order valence-corrected chi connectivity index (χ4v) is 5.57. The third-order valence-electron chi connectivity index (χ3n) is 7.57. The summed E-state index contributed by atoms with van der Waals surface area (Å²) in [6.07, 6.45) is 0. The summed E-state index contributed by atoms with van der Waals surface area (Å²) >= 11 is 0. The van der Waals surface area contributed by atoms with Gasteiger partial charge >= 0.3 is 5.63 Å². The summed E-state index contributed by atoms with van der Waals surface area (Å²) in [5.41, 5.74) is 6.17. The number of furan rings is 1. The average Bonchev–Trinajstić information content (AvgIpc) is 3.43. The maximum Gasteiger partial charge on any atom is 0.336 e. The molecule has 7 rings (SSSR count). The molecule has 0 saturated heterocycles. The molecule has 7 aromatic rings. The summed E-state index contributed by atoms with van der Waals surface area (Å²) < 4.78 is 17.7. The first-order valence-corrected chi connectivity index (χ1v) is 13.9. The lowest BCUT2D eigenvalue weighted by atomic mass is 9.91. The van der Waals surface area contributed by atoms with Crippen molar-refractivity contribution in [3.05, 3.63) is 144 Å². The molecule has 0 bridgehead atoms. The van der Waals surface area contributed by atoms with Crippen molar-refractivity contribution in [1.29, 1.82) is 0 Å². The molecule has 0 aliphatic heterocycles. The van der Waals surface area contributed by atoms with Gasteiger partial charge in [0.2, 0.25) is 0 Å². The molecule has 208 valence electrons. The van der Waals surface area contributed by atoms with Crippen molar-refractivity contribution < 1.29 is 18.7 Å². The molecule has 43 heavy (non-hydrogen) atoms. The van der Waals surface area contributed by atoms with Gasteiger partial charge in [0, 0.05) is 39.8 Å². The number of hydrogen-bond donors (Lipinski definition) is 1. The second-order valence-electron chi connectivity index (χ2n) is 10.2. The maximum absolute atomic E-state index is 13.1. The number of benzene rings is 5. The first-order chi connectivity index (χ1) is 21.1. The van der Waals surface area contributed by atoms with E-state index >= 15 is 0 Å². The highest BCUT2D eigenvalue weighted by Crippen LogP contribution is 2.47. The van der Waals surface area contributed by atoms with Crippen molar-refractivity contribution in [1.82, 2.24) is 0 Å². The minimum absolute atomic E-state index is 0.0623. The summed E-state index contributed by atoms with van der Waals surface area (Å²) in [5, 5.41) is 12.2. The first kappa shape index (κ1) is 26.1. The van der Waals surface area contributed by atoms with Crippen LogP contribution in [0.15, 0.2) is 147 Å². The predicted molar refractivity (Wildman–Crippen MR) is 170 cm³/mol. The number of phenols is 1. The number of aromatic hydroxyl groups is 1. The summed E-state index contributed by atoms with van der Waals surface area (Å²) in [4.78, 5) is 13.1. The highest BCUT2D eigenvalue weighted by Gasteiger charge is 2.24. The van der Waals surface area contributed by atoms with E-state index in [4.69, 9.17) is 13.6 Å². The van der Waals surface area contributed by atoms with E-state index in [0.717, 1.165) is 33.2 Å². The van der Waals surface area contributed by atoms with Gasteiger partial charge in [-0.2, -0.15) is 0 Å². The Morgan fingerprint density at radius 1 is 0.558 bits per heavy atom. The van der Waals surface area contributed by atoms with Crippen molar-refractivity contribution >= 4 is 11.0 Å². The normalized spacial score (nSPS) is 11.1. The van der Waals surface area contributed by atoms with E-state index < -0.39 is 5.63 Å². The summed E-state index contributed by atoms with van der Waals surface area (Å²) in [7, 11) is 1.61. The van der Waals surface area contributed by atoms with Crippen molar-refractivity contribution in [3.63, 3.8) is 0 Å². The van der Waals surface area contributed by atoms with Crippen LogP contribution >= 0.6 is 0 Å². The Kier molecular flexibility index (Phi) is 6.60. The zero-order chi connectivity index (χ0) is 29.3. The summed E-state index contributed by atoms with van der Waals surface area (Å²) in [6, 6.07) is 42.0. The maximum atomic E-state index is 13.1. The average molecular weight is 563 g/mol. The highest BCUT2D eigenvalue weighted by molar-refractivity contribution is 6.05. The summed E-state index contributed by atoms with van der Waals surface area (Å²) in [6.45, 7) is 0. The zero-order valence-corrected chi connectivity index (χ0v) is 23.3. The fourth-order valence-electron chi connectivity index (χ4n) is 5.57. The third-order valence-corrected chi connectivity index (χ3v) is 7.57. The van der Waals surface area contributed by atoms with Crippen LogP contribution in [0.3, 0.4) is 0 Å². The van der Waals surface area contributed by atoms with Crippen LogP contribution in [0, 0.1) is 0 Å². The molecule has 5 heteroatoms. The van der Waals surface area contributed by atoms with Crippen LogP contribution < -0.4 is 10.4 Å². The Morgan fingerprint density at radius 3 is 1.74 bits per heavy atom. The monoisotopic (exact) mass is 562 g/mol. The van der Waals surface area contributed by atoms with Gasteiger partial charge in [-0.25, -0.2) is 4.79 Å². The van der Waals surface area contributed by atoms with Crippen LogP contribution in [0.1, 0.15) is 0 Å². The molecule has 0 spiro atoms. The van der Waals surface area contributed by atoms with E-state index in [0.29, 0.717) is 33.8 Å². The zero-order valence-electron chi connectivity index (χ0n) is 23.3. The van der Waals surface area contributed by atoms with E-state index in [2.05, 4.69) is 0 Å². The van der Waals surface area contributed by atoms with Gasteiger partial charge < -0.3 is 18.7 Å². The van der Waals surface area contributed by atoms with Gasteiger partial charge in [0.15, 0.2) is 5.76 Å². The van der Waals surface area contributed by atoms with Gasteiger partial charge in [-0.15, -0.1) is 0 Å². The molecule has 0 fully saturated rings. The molecule has 0 aliphatic carbocycles. The molecule has 5 aromatic carbocycles. The molecule has 5 nitrogen and oxygen atoms in total. The van der Waals surface area contributed by atoms with Crippen LogP contribution in [0.5, 0.6) is 11.5 Å². The van der Waals surface area contributed by atoms with Gasteiger partial charge in [-0.1, -0.05) is 103 Å². The molecule has 1 N–H and O–H groups in total. The molecule has 2 aromatic heterocycles. The Bertz CT molecular complexity index is 2110. The van der Waals surface area contributed by atoms with Crippen molar-refractivity contribution in [2.45, 2.75) is 0 Å². The number of hydrogen-bond acceptors (Lipinski definition) is 5. The van der Waals surface area contributed by atoms with Gasteiger partial charge in [0.05, 0.1) is 12.7 Å². The van der Waals surface area contributed by atoms with Crippen LogP contribution in [0.2, 0.25) is 0 Å². The van der Waals surface area contributed by atoms with Gasteiger partial charge in [0.25, 0.3) is 0 Å². The van der Waals surface area contributed by atoms with Crippen LogP contribution in [0.25, 0.3) is 67.0 Å². The third kappa shape index (κ3) is 4.77. The Hall–Kier alpha value is -5.81. The molecule has 0 unspecified atom stereocenters. The molecule has 0 saturated carbocycles. The number of rotatable bonds is 6. The van der Waals surface area contributed by atoms with Crippen molar-refractivity contribution in [2.24, 2.45) is 0 Å². The molecule has 0 atom stereocenters. The van der Waals surface area contributed by atoms with E-state index in [9.17, 15) is 9.90 Å². The van der Waals surface area contributed by atoms with E-state index in [1.807, 2.05) is 121 Å². The second-order valence-corrected chi connectivity index (χ2v) is 10.2. The molecule has 0 aliphatic rings. The highest BCUT2D eigenvalue weighted by atomic mass is 16.5. The molecule has 0 amide bonds. The molecular weight excluding hydrogens is 536 g/mol. The Labute approximate surface area is 247 Å². The minimum Gasteiger partial charge on any atom is -0.507 e.